The van der Waals surface area contributed by atoms with Gasteiger partial charge in [-0.25, -0.2) is 0 Å². The normalized spacial score (nSPS) is 14.3. The van der Waals surface area contributed by atoms with Gasteiger partial charge in [-0.05, 0) is 96.3 Å². The van der Waals surface area contributed by atoms with Crippen LogP contribution in [0.15, 0.2) is 18.2 Å². The van der Waals surface area contributed by atoms with Crippen molar-refractivity contribution in [3.8, 4) is 11.5 Å². The predicted molar refractivity (Wildman–Crippen MR) is 131 cm³/mol. The summed E-state index contributed by atoms with van der Waals surface area (Å²) in [5.74, 6) is 1.11. The molecular formula is C20H40O5Si4. The molecule has 1 rings (SSSR count). The minimum absolute atomic E-state index is 0.315. The first-order valence-electron chi connectivity index (χ1n) is 10.2. The Bertz CT molecular complexity index is 710. The van der Waals surface area contributed by atoms with Gasteiger partial charge in [0.2, 0.25) is 25.0 Å². The molecule has 5 nitrogen and oxygen atoms in total. The van der Waals surface area contributed by atoms with Crippen molar-refractivity contribution in [1.29, 1.82) is 0 Å². The van der Waals surface area contributed by atoms with E-state index in [-0.39, 0.29) is 5.97 Å². The molecule has 0 heterocycles. The van der Waals surface area contributed by atoms with Crippen molar-refractivity contribution in [3.05, 3.63) is 23.8 Å². The summed E-state index contributed by atoms with van der Waals surface area (Å²) >= 11 is 0. The van der Waals surface area contributed by atoms with Crippen LogP contribution in [0.2, 0.25) is 78.6 Å². The smallest absolute Gasteiger partial charge is 0.325 e. The van der Waals surface area contributed by atoms with Gasteiger partial charge in [-0.1, -0.05) is 6.07 Å². The molecule has 9 heteroatoms. The fourth-order valence-electron chi connectivity index (χ4n) is 2.47. The van der Waals surface area contributed by atoms with E-state index in [0.29, 0.717) is 5.75 Å². The van der Waals surface area contributed by atoms with Crippen LogP contribution < -0.4 is 8.85 Å². The first-order chi connectivity index (χ1) is 12.8. The first-order valence-corrected chi connectivity index (χ1v) is 23.8. The molecule has 0 N–H and O–H groups in total. The third-order valence-electron chi connectivity index (χ3n) is 3.20. The number of hydrogen-bond donors (Lipinski definition) is 0. The van der Waals surface area contributed by atoms with Crippen molar-refractivity contribution < 1.29 is 22.5 Å². The highest BCUT2D eigenvalue weighted by Crippen LogP contribution is 2.36. The Morgan fingerprint density at radius 3 is 1.59 bits per heavy atom. The Morgan fingerprint density at radius 2 is 1.17 bits per heavy atom. The number of carbonyl (C=O) groups is 1. The van der Waals surface area contributed by atoms with Gasteiger partial charge in [0.15, 0.2) is 14.4 Å². The summed E-state index contributed by atoms with van der Waals surface area (Å²) in [6.45, 7) is 25.0. The van der Waals surface area contributed by atoms with Crippen LogP contribution >= 0.6 is 0 Å². The lowest BCUT2D eigenvalue weighted by Gasteiger charge is -2.30. The van der Waals surface area contributed by atoms with E-state index in [1.54, 1.807) is 0 Å². The Kier molecular flexibility index (Phi) is 8.19. The minimum Gasteiger partial charge on any atom is -0.542 e. The molecule has 0 amide bonds. The predicted octanol–water partition coefficient (Wildman–Crippen LogP) is 6.38. The fraction of sp³-hybridized carbons (Fsp3) is 0.650. The summed E-state index contributed by atoms with van der Waals surface area (Å²) in [5.41, 5.74) is 0.756. The largest absolute Gasteiger partial charge is 0.542 e. The Labute approximate surface area is 181 Å². The van der Waals surface area contributed by atoms with Gasteiger partial charge in [-0.3, -0.25) is 4.79 Å². The highest BCUT2D eigenvalue weighted by Gasteiger charge is 2.34. The van der Waals surface area contributed by atoms with Gasteiger partial charge in [0.05, 0.1) is 0 Å². The fourth-order valence-corrected chi connectivity index (χ4v) is 5.77. The lowest BCUT2D eigenvalue weighted by atomic mass is 10.1. The van der Waals surface area contributed by atoms with Crippen LogP contribution in [0.4, 0.5) is 0 Å². The maximum absolute atomic E-state index is 13.0. The highest BCUT2D eigenvalue weighted by molar-refractivity contribution is 6.72. The summed E-state index contributed by atoms with van der Waals surface area (Å²) in [4.78, 5) is 13.0. The molecule has 0 aliphatic carbocycles. The topological polar surface area (TPSA) is 54.0 Å². The first kappa shape index (κ1) is 26.2. The molecular weight excluding hydrogens is 433 g/mol. The second kappa shape index (κ2) is 9.09. The minimum atomic E-state index is -2.04. The summed E-state index contributed by atoms with van der Waals surface area (Å²) in [5, 5.41) is 0. The van der Waals surface area contributed by atoms with Crippen LogP contribution in [-0.2, 0) is 13.6 Å². The average molecular weight is 473 g/mol. The summed E-state index contributed by atoms with van der Waals surface area (Å²) < 4.78 is 24.6. The zero-order valence-corrected chi connectivity index (χ0v) is 24.4. The number of benzene rings is 1. The molecule has 0 spiro atoms. The van der Waals surface area contributed by atoms with Crippen molar-refractivity contribution >= 4 is 39.2 Å². The molecule has 0 aromatic heterocycles. The summed E-state index contributed by atoms with van der Waals surface area (Å²) in [6, 6.07) is 5.72. The molecule has 0 bridgehead atoms. The van der Waals surface area contributed by atoms with Gasteiger partial charge in [0.1, 0.15) is 11.5 Å². The molecule has 0 aliphatic heterocycles. The average Bonchev–Trinajstić information content (AvgIpc) is 2.41. The zero-order chi connectivity index (χ0) is 22.8. The van der Waals surface area contributed by atoms with Crippen molar-refractivity contribution in [1.82, 2.24) is 0 Å². The van der Waals surface area contributed by atoms with Gasteiger partial charge in [0.25, 0.3) is 0 Å². The molecule has 1 aromatic carbocycles. The maximum atomic E-state index is 13.0. The van der Waals surface area contributed by atoms with E-state index in [1.807, 2.05) is 37.8 Å². The van der Waals surface area contributed by atoms with Crippen molar-refractivity contribution in [2.75, 3.05) is 0 Å². The van der Waals surface area contributed by atoms with E-state index in [0.717, 1.165) is 11.3 Å². The molecule has 1 aromatic rings. The van der Waals surface area contributed by atoms with Gasteiger partial charge >= 0.3 is 5.97 Å². The highest BCUT2D eigenvalue weighted by atomic mass is 28.4. The molecule has 0 fully saturated rings. The molecule has 1 unspecified atom stereocenters. The SMILES string of the molecule is C[Si](C)(C)OC(=O)C(O[Si](C)(C)C)c1ccc(O[Si](C)(C)C)c(O[Si](C)(C)C)c1. The number of carbonyl (C=O) groups excluding carboxylic acids is 1. The van der Waals surface area contributed by atoms with Crippen LogP contribution in [0.25, 0.3) is 0 Å². The van der Waals surface area contributed by atoms with E-state index in [2.05, 4.69) is 58.9 Å². The molecule has 0 saturated carbocycles. The lowest BCUT2D eigenvalue weighted by Crippen LogP contribution is -2.37. The van der Waals surface area contributed by atoms with Gasteiger partial charge in [-0.15, -0.1) is 0 Å². The van der Waals surface area contributed by atoms with Crippen LogP contribution in [0, 0.1) is 0 Å². The van der Waals surface area contributed by atoms with Crippen molar-refractivity contribution in [3.63, 3.8) is 0 Å². The molecule has 166 valence electrons. The zero-order valence-electron chi connectivity index (χ0n) is 20.4. The van der Waals surface area contributed by atoms with Gasteiger partial charge in [0, 0.05) is 0 Å². The van der Waals surface area contributed by atoms with Crippen molar-refractivity contribution in [2.24, 2.45) is 0 Å². The summed E-state index contributed by atoms with van der Waals surface area (Å²) in [7, 11) is -7.74. The second-order valence-corrected chi connectivity index (χ2v) is 29.0. The van der Waals surface area contributed by atoms with Crippen LogP contribution in [0.1, 0.15) is 11.7 Å². The molecule has 29 heavy (non-hydrogen) atoms. The van der Waals surface area contributed by atoms with E-state index in [9.17, 15) is 4.79 Å². The molecule has 0 aliphatic rings. The van der Waals surface area contributed by atoms with E-state index < -0.39 is 39.4 Å². The van der Waals surface area contributed by atoms with Gasteiger partial charge < -0.3 is 17.7 Å². The maximum Gasteiger partial charge on any atom is 0.325 e. The van der Waals surface area contributed by atoms with Gasteiger partial charge in [-0.2, -0.15) is 0 Å². The standard InChI is InChI=1S/C20H40O5Si4/c1-26(2,3)22-17-14-13-16(15-18(17)23-27(4,5)6)19(24-28(7,8)9)20(21)25-29(10,11)12/h13-15,19H,1-12H3. The second-order valence-electron chi connectivity index (χ2n) is 11.3. The molecule has 0 radical (unpaired) electrons. The van der Waals surface area contributed by atoms with Crippen molar-refractivity contribution in [2.45, 2.75) is 84.7 Å². The third kappa shape index (κ3) is 10.6. The Hall–Kier alpha value is -0.882. The number of hydrogen-bond acceptors (Lipinski definition) is 5. The van der Waals surface area contributed by atoms with E-state index >= 15 is 0 Å². The third-order valence-corrected chi connectivity index (χ3v) is 6.62. The Balaban J connectivity index is 3.43. The van der Waals surface area contributed by atoms with Crippen LogP contribution in [-0.4, -0.2) is 39.2 Å². The molecule has 1 atom stereocenters. The lowest BCUT2D eigenvalue weighted by molar-refractivity contribution is -0.143. The molecule has 0 saturated heterocycles. The van der Waals surface area contributed by atoms with E-state index in [4.69, 9.17) is 17.7 Å². The van der Waals surface area contributed by atoms with Crippen LogP contribution in [0.5, 0.6) is 11.5 Å². The Morgan fingerprint density at radius 1 is 0.690 bits per heavy atom. The quantitative estimate of drug-likeness (QED) is 0.390. The monoisotopic (exact) mass is 472 g/mol. The number of rotatable bonds is 9. The van der Waals surface area contributed by atoms with Crippen LogP contribution in [0.3, 0.4) is 0 Å². The summed E-state index contributed by atoms with van der Waals surface area (Å²) in [6.07, 6.45) is -0.752. The van der Waals surface area contributed by atoms with E-state index in [1.165, 1.54) is 0 Å².